The number of methoxy groups -OCH3 is 1. The van der Waals surface area contributed by atoms with Crippen molar-refractivity contribution in [3.05, 3.63) is 16.7 Å². The molecule has 1 heterocycles. The molecule has 1 amide bonds. The smallest absolute Gasteiger partial charge is 0.236 e. The van der Waals surface area contributed by atoms with Gasteiger partial charge in [0.2, 0.25) is 5.91 Å². The van der Waals surface area contributed by atoms with Crippen LogP contribution in [0.1, 0.15) is 38.2 Å². The molecule has 0 aliphatic carbocycles. The number of carbonyl (C=O) groups excluding carboxylic acids is 1. The minimum Gasteiger partial charge on any atom is -0.383 e. The molecule has 0 fully saturated rings. The number of aryl methyl sites for hydroxylation is 1. The summed E-state index contributed by atoms with van der Waals surface area (Å²) in [7, 11) is 1.60. The van der Waals surface area contributed by atoms with Crippen molar-refractivity contribution in [1.29, 1.82) is 0 Å². The van der Waals surface area contributed by atoms with Gasteiger partial charge in [-0.05, 0) is 13.3 Å². The predicted molar refractivity (Wildman–Crippen MR) is 83.4 cm³/mol. The van der Waals surface area contributed by atoms with E-state index in [9.17, 15) is 4.79 Å². The van der Waals surface area contributed by atoms with Gasteiger partial charge in [-0.2, -0.15) is 0 Å². The van der Waals surface area contributed by atoms with Crippen molar-refractivity contribution >= 4 is 17.5 Å². The second-order valence-corrected chi connectivity index (χ2v) is 5.30. The van der Waals surface area contributed by atoms with Crippen LogP contribution in [-0.2, 0) is 22.5 Å². The molecule has 6 nitrogen and oxygen atoms in total. The minimum atomic E-state index is -0.305. The van der Waals surface area contributed by atoms with Crippen molar-refractivity contribution in [3.8, 4) is 0 Å². The number of imidazole rings is 1. The number of hydrogen-bond donors (Lipinski definition) is 3. The third-order valence-corrected chi connectivity index (χ3v) is 3.44. The van der Waals surface area contributed by atoms with Crippen molar-refractivity contribution in [2.75, 3.05) is 20.3 Å². The van der Waals surface area contributed by atoms with E-state index < -0.39 is 0 Å². The van der Waals surface area contributed by atoms with Crippen molar-refractivity contribution in [1.82, 2.24) is 20.6 Å². The first-order valence-electron chi connectivity index (χ1n) is 7.31. The number of nitrogens with zero attached hydrogens (tertiary/aromatic N) is 1. The highest BCUT2D eigenvalue weighted by molar-refractivity contribution is 6.30. The van der Waals surface area contributed by atoms with Crippen LogP contribution in [0, 0.1) is 0 Å². The molecule has 3 N–H and O–H groups in total. The summed E-state index contributed by atoms with van der Waals surface area (Å²) < 4.78 is 4.89. The van der Waals surface area contributed by atoms with Crippen LogP contribution < -0.4 is 10.6 Å². The van der Waals surface area contributed by atoms with Crippen molar-refractivity contribution < 1.29 is 9.53 Å². The summed E-state index contributed by atoms with van der Waals surface area (Å²) in [5, 5.41) is 6.38. The quantitative estimate of drug-likeness (QED) is 0.573. The first kappa shape index (κ1) is 17.9. The lowest BCUT2D eigenvalue weighted by atomic mass is 10.2. The summed E-state index contributed by atoms with van der Waals surface area (Å²) in [6.45, 7) is 5.44. The van der Waals surface area contributed by atoms with Gasteiger partial charge in [0.1, 0.15) is 5.82 Å². The van der Waals surface area contributed by atoms with Crippen molar-refractivity contribution in [2.45, 2.75) is 45.7 Å². The van der Waals surface area contributed by atoms with Gasteiger partial charge in [-0.3, -0.25) is 4.79 Å². The minimum absolute atomic E-state index is 0.0612. The van der Waals surface area contributed by atoms with Gasteiger partial charge in [-0.1, -0.05) is 24.9 Å². The number of hydrogen-bond acceptors (Lipinski definition) is 4. The molecule has 0 aliphatic heterocycles. The van der Waals surface area contributed by atoms with E-state index in [4.69, 9.17) is 16.3 Å². The number of H-pyrrole nitrogens is 1. The molecule has 1 rings (SSSR count). The zero-order chi connectivity index (χ0) is 15.7. The zero-order valence-electron chi connectivity index (χ0n) is 13.0. The Morgan fingerprint density at radius 2 is 2.29 bits per heavy atom. The van der Waals surface area contributed by atoms with Crippen LogP contribution in [0.15, 0.2) is 0 Å². The topological polar surface area (TPSA) is 79.0 Å². The highest BCUT2D eigenvalue weighted by Crippen LogP contribution is 2.14. The molecule has 0 spiro atoms. The summed E-state index contributed by atoms with van der Waals surface area (Å²) >= 11 is 6.09. The number of rotatable bonds is 10. The molecule has 7 heteroatoms. The second-order valence-electron chi connectivity index (χ2n) is 4.94. The van der Waals surface area contributed by atoms with Gasteiger partial charge in [0.05, 0.1) is 18.3 Å². The van der Waals surface area contributed by atoms with Gasteiger partial charge >= 0.3 is 0 Å². The Kier molecular flexibility index (Phi) is 8.34. The number of amides is 1. The Balaban J connectivity index is 2.39. The Bertz CT molecular complexity index is 437. The van der Waals surface area contributed by atoms with Crippen LogP contribution >= 0.6 is 11.6 Å². The van der Waals surface area contributed by atoms with E-state index in [0.29, 0.717) is 24.8 Å². The van der Waals surface area contributed by atoms with Crippen LogP contribution in [-0.4, -0.2) is 42.2 Å². The predicted octanol–water partition coefficient (Wildman–Crippen LogP) is 1.65. The molecular formula is C14H25ClN4O2. The summed E-state index contributed by atoms with van der Waals surface area (Å²) in [5.41, 5.74) is 0.819. The van der Waals surface area contributed by atoms with Crippen LogP contribution in [0.25, 0.3) is 0 Å². The number of halogens is 1. The number of carbonyl (C=O) groups is 1. The van der Waals surface area contributed by atoms with Gasteiger partial charge in [-0.25, -0.2) is 4.98 Å². The molecule has 0 saturated heterocycles. The van der Waals surface area contributed by atoms with Crippen LogP contribution in [0.5, 0.6) is 0 Å². The summed E-state index contributed by atoms with van der Waals surface area (Å²) in [4.78, 5) is 19.3. The molecule has 0 aliphatic rings. The van der Waals surface area contributed by atoms with E-state index in [-0.39, 0.29) is 11.9 Å². The molecule has 1 aromatic rings. The Morgan fingerprint density at radius 3 is 2.95 bits per heavy atom. The van der Waals surface area contributed by atoms with Gasteiger partial charge in [0.25, 0.3) is 0 Å². The van der Waals surface area contributed by atoms with Gasteiger partial charge in [-0.15, -0.1) is 0 Å². The molecule has 1 atom stereocenters. The van der Waals surface area contributed by atoms with E-state index in [1.165, 1.54) is 0 Å². The normalized spacial score (nSPS) is 12.4. The SMILES string of the molecule is CCCCc1nc(Cl)c(CNC(C)C(=O)NCCOC)[nH]1. The van der Waals surface area contributed by atoms with E-state index in [1.807, 2.05) is 6.92 Å². The maximum atomic E-state index is 11.8. The van der Waals surface area contributed by atoms with Crippen molar-refractivity contribution in [2.24, 2.45) is 0 Å². The highest BCUT2D eigenvalue weighted by Gasteiger charge is 2.14. The zero-order valence-corrected chi connectivity index (χ0v) is 13.7. The highest BCUT2D eigenvalue weighted by atomic mass is 35.5. The Morgan fingerprint density at radius 1 is 1.52 bits per heavy atom. The fourth-order valence-electron chi connectivity index (χ4n) is 1.80. The number of unbranched alkanes of at least 4 members (excludes halogenated alkanes) is 1. The maximum absolute atomic E-state index is 11.8. The van der Waals surface area contributed by atoms with E-state index in [1.54, 1.807) is 7.11 Å². The number of aromatic nitrogens is 2. The second kappa shape index (κ2) is 9.76. The van der Waals surface area contributed by atoms with E-state index in [0.717, 1.165) is 30.8 Å². The lowest BCUT2D eigenvalue weighted by Gasteiger charge is -2.13. The summed E-state index contributed by atoms with van der Waals surface area (Å²) in [6.07, 6.45) is 3.09. The van der Waals surface area contributed by atoms with Gasteiger partial charge in [0.15, 0.2) is 5.15 Å². The van der Waals surface area contributed by atoms with Crippen LogP contribution in [0.3, 0.4) is 0 Å². The number of ether oxygens (including phenoxy) is 1. The lowest BCUT2D eigenvalue weighted by molar-refractivity contribution is -0.122. The molecule has 1 unspecified atom stereocenters. The van der Waals surface area contributed by atoms with E-state index in [2.05, 4.69) is 27.5 Å². The van der Waals surface area contributed by atoms with Crippen molar-refractivity contribution in [3.63, 3.8) is 0 Å². The average molecular weight is 317 g/mol. The fourth-order valence-corrected chi connectivity index (χ4v) is 2.01. The molecule has 0 aromatic carbocycles. The third-order valence-electron chi connectivity index (χ3n) is 3.13. The molecule has 21 heavy (non-hydrogen) atoms. The standard InChI is InChI=1S/C14H25ClN4O2/c1-4-5-6-12-18-11(13(15)19-12)9-17-10(2)14(20)16-7-8-21-3/h10,17H,4-9H2,1-3H3,(H,16,20)(H,18,19). The van der Waals surface area contributed by atoms with Gasteiger partial charge in [0, 0.05) is 26.6 Å². The molecule has 0 bridgehead atoms. The monoisotopic (exact) mass is 316 g/mol. The maximum Gasteiger partial charge on any atom is 0.236 e. The summed E-state index contributed by atoms with van der Waals surface area (Å²) in [6, 6.07) is -0.305. The number of nitrogens with one attached hydrogen (secondary N) is 3. The molecular weight excluding hydrogens is 292 g/mol. The first-order chi connectivity index (χ1) is 10.1. The summed E-state index contributed by atoms with van der Waals surface area (Å²) in [5.74, 6) is 0.838. The van der Waals surface area contributed by atoms with Crippen LogP contribution in [0.2, 0.25) is 5.15 Å². The molecule has 120 valence electrons. The fraction of sp³-hybridized carbons (Fsp3) is 0.714. The van der Waals surface area contributed by atoms with Crippen LogP contribution in [0.4, 0.5) is 0 Å². The Labute approximate surface area is 131 Å². The average Bonchev–Trinajstić information content (AvgIpc) is 2.83. The largest absolute Gasteiger partial charge is 0.383 e. The molecule has 0 saturated carbocycles. The molecule has 0 radical (unpaired) electrons. The Hall–Kier alpha value is -1.11. The third kappa shape index (κ3) is 6.46. The number of aromatic amines is 1. The first-order valence-corrected chi connectivity index (χ1v) is 7.69. The van der Waals surface area contributed by atoms with E-state index >= 15 is 0 Å². The molecule has 1 aromatic heterocycles. The lowest BCUT2D eigenvalue weighted by Crippen LogP contribution is -2.42. The van der Waals surface area contributed by atoms with Gasteiger partial charge < -0.3 is 20.4 Å².